The van der Waals surface area contributed by atoms with Crippen LogP contribution >= 0.6 is 0 Å². The molecule has 2 saturated carbocycles. The molecular weight excluding hydrogens is 478 g/mol. The highest BCUT2D eigenvalue weighted by molar-refractivity contribution is 5.71. The Bertz CT molecular complexity index is 1090. The van der Waals surface area contributed by atoms with E-state index in [1.54, 1.807) is 0 Å². The van der Waals surface area contributed by atoms with Gasteiger partial charge in [-0.3, -0.25) is 4.79 Å². The molecular formula is C32H50NO5+. The molecule has 4 rings (SSSR count). The van der Waals surface area contributed by atoms with Gasteiger partial charge in [-0.15, -0.1) is 0 Å². The zero-order valence-corrected chi connectivity index (χ0v) is 24.7. The fourth-order valence-corrected chi connectivity index (χ4v) is 9.31. The lowest BCUT2D eigenvalue weighted by Gasteiger charge is -2.60. The highest BCUT2D eigenvalue weighted by Crippen LogP contribution is 2.73. The van der Waals surface area contributed by atoms with Crippen molar-refractivity contribution >= 4 is 5.97 Å². The topological polar surface area (TPSA) is 102 Å². The van der Waals surface area contributed by atoms with Gasteiger partial charge in [0.25, 0.3) is 6.57 Å². The molecule has 4 N–H and O–H groups in total. The maximum absolute atomic E-state index is 12.7. The van der Waals surface area contributed by atoms with E-state index < -0.39 is 63.3 Å². The first kappa shape index (κ1) is 29.3. The molecule has 0 heterocycles. The average Bonchev–Trinajstić information content (AvgIpc) is 3.00. The number of aliphatic hydroxyl groups excluding tert-OH is 3. The zero-order chi connectivity index (χ0) is 28.6. The number of aliphatic carboxylic acids is 1. The van der Waals surface area contributed by atoms with Crippen LogP contribution in [0.4, 0.5) is 0 Å². The normalized spacial score (nSPS) is 45.1. The Morgan fingerprint density at radius 1 is 1.03 bits per heavy atom. The lowest BCUT2D eigenvalue weighted by molar-refractivity contribution is -0.149. The van der Waals surface area contributed by atoms with Crippen LogP contribution in [0, 0.1) is 51.9 Å². The molecule has 6 nitrogen and oxygen atoms in total. The monoisotopic (exact) mass is 528 g/mol. The Kier molecular flexibility index (Phi) is 7.08. The summed E-state index contributed by atoms with van der Waals surface area (Å²) in [7, 11) is 0. The van der Waals surface area contributed by atoms with Crippen LogP contribution in [0.25, 0.3) is 4.85 Å². The van der Waals surface area contributed by atoms with Gasteiger partial charge in [-0.25, -0.2) is 0 Å². The van der Waals surface area contributed by atoms with Gasteiger partial charge in [0.05, 0.1) is 41.5 Å². The van der Waals surface area contributed by atoms with Gasteiger partial charge in [-0.05, 0) is 81.3 Å². The molecule has 0 radical (unpaired) electrons. The van der Waals surface area contributed by atoms with Crippen LogP contribution < -0.4 is 0 Å². The SMILES string of the molecule is C#[N+][C@@]12CC=C3C(=CC[C@]4(C)[C@@H](C(CCC(C)C(C)C)C(=O)O)[C@H](O)[C@H](O)[C@@]34C)[C@@]1(C)CC[C@H](O)C2(C)C. The number of carboxylic acids is 1. The molecule has 38 heavy (non-hydrogen) atoms. The minimum atomic E-state index is -1.14. The summed E-state index contributed by atoms with van der Waals surface area (Å²) in [6.45, 7) is 23.0. The second-order valence-corrected chi connectivity index (χ2v) is 14.6. The Labute approximate surface area is 229 Å². The van der Waals surface area contributed by atoms with Crippen molar-refractivity contribution in [3.8, 4) is 6.57 Å². The summed E-state index contributed by atoms with van der Waals surface area (Å²) in [6, 6.07) is 0. The summed E-state index contributed by atoms with van der Waals surface area (Å²) in [5.41, 5.74) is -1.13. The minimum absolute atomic E-state index is 0.372. The fraction of sp³-hybridized carbons (Fsp3) is 0.812. The summed E-state index contributed by atoms with van der Waals surface area (Å²) in [4.78, 5) is 17.2. The van der Waals surface area contributed by atoms with Crippen molar-refractivity contribution in [2.75, 3.05) is 0 Å². The highest BCUT2D eigenvalue weighted by atomic mass is 16.4. The lowest BCUT2D eigenvalue weighted by Crippen LogP contribution is -2.65. The van der Waals surface area contributed by atoms with Crippen molar-refractivity contribution in [3.05, 3.63) is 28.1 Å². The molecule has 0 saturated heterocycles. The third-order valence-corrected chi connectivity index (χ3v) is 12.8. The number of carbonyl (C=O) groups is 1. The molecule has 0 spiro atoms. The van der Waals surface area contributed by atoms with E-state index in [1.165, 1.54) is 0 Å². The Balaban J connectivity index is 1.83. The number of hydrogen-bond acceptors (Lipinski definition) is 4. The number of allylic oxidation sites excluding steroid dienone is 1. The molecule has 4 aliphatic carbocycles. The molecule has 0 bridgehead atoms. The van der Waals surface area contributed by atoms with Crippen molar-refractivity contribution in [1.82, 2.24) is 0 Å². The summed E-state index contributed by atoms with van der Waals surface area (Å²) in [5.74, 6) is -1.41. The van der Waals surface area contributed by atoms with E-state index in [-0.39, 0.29) is 0 Å². The largest absolute Gasteiger partial charge is 0.481 e. The molecule has 0 amide bonds. The number of hydrogen-bond donors (Lipinski definition) is 4. The molecule has 212 valence electrons. The first-order chi connectivity index (χ1) is 17.5. The summed E-state index contributed by atoms with van der Waals surface area (Å²) in [5, 5.41) is 44.7. The zero-order valence-electron chi connectivity index (χ0n) is 24.7. The van der Waals surface area contributed by atoms with Crippen LogP contribution in [0.2, 0.25) is 0 Å². The van der Waals surface area contributed by atoms with Crippen LogP contribution in [0.5, 0.6) is 0 Å². The maximum atomic E-state index is 12.7. The predicted octanol–water partition coefficient (Wildman–Crippen LogP) is 5.67. The number of carboxylic acid groups (broad SMARTS) is 1. The molecule has 2 unspecified atom stereocenters. The Morgan fingerprint density at radius 2 is 1.63 bits per heavy atom. The van der Waals surface area contributed by atoms with Gasteiger partial charge in [-0.1, -0.05) is 51.6 Å². The van der Waals surface area contributed by atoms with Gasteiger partial charge in [-0.2, -0.15) is 0 Å². The van der Waals surface area contributed by atoms with Crippen molar-refractivity contribution < 1.29 is 25.2 Å². The first-order valence-corrected chi connectivity index (χ1v) is 14.6. The standard InChI is InChI=1S/C32H49NO5/c1-18(2)19(3)10-11-20(27(37)38)24-25(35)26(36)31(8)22-13-17-32(33-9)28(4,5)23(34)14-16-29(32,6)21(22)12-15-30(24,31)7/h9,12-13,18-20,23-26,34-36H,10-11,14-17H2,1-8H3/p+1/t19?,20?,23-,24-,25-,26-,29+,30+,31+,32+/m0/s1. The molecule has 0 aromatic heterocycles. The van der Waals surface area contributed by atoms with E-state index in [9.17, 15) is 25.2 Å². The van der Waals surface area contributed by atoms with Gasteiger partial charge in [0.15, 0.2) is 0 Å². The third kappa shape index (κ3) is 3.44. The van der Waals surface area contributed by atoms with Gasteiger partial charge in [0.2, 0.25) is 0 Å². The Morgan fingerprint density at radius 3 is 2.18 bits per heavy atom. The van der Waals surface area contributed by atoms with E-state index in [2.05, 4.69) is 51.6 Å². The average molecular weight is 529 g/mol. The lowest BCUT2D eigenvalue weighted by atomic mass is 9.41. The quantitative estimate of drug-likeness (QED) is 0.356. The third-order valence-electron chi connectivity index (χ3n) is 12.8. The molecule has 10 atom stereocenters. The number of rotatable bonds is 6. The van der Waals surface area contributed by atoms with Gasteiger partial charge < -0.3 is 20.4 Å². The number of aliphatic hydroxyl groups is 3. The predicted molar refractivity (Wildman–Crippen MR) is 150 cm³/mol. The molecule has 0 aliphatic heterocycles. The maximum Gasteiger partial charge on any atom is 0.306 e. The van der Waals surface area contributed by atoms with Gasteiger partial charge in [0.1, 0.15) is 0 Å². The van der Waals surface area contributed by atoms with Crippen LogP contribution in [0.1, 0.15) is 93.9 Å². The second kappa shape index (κ2) is 9.18. The van der Waals surface area contributed by atoms with Crippen LogP contribution in [-0.4, -0.2) is 50.2 Å². The number of fused-ring (bicyclic) bond motifs is 5. The first-order valence-electron chi connectivity index (χ1n) is 14.6. The smallest absolute Gasteiger partial charge is 0.306 e. The van der Waals surface area contributed by atoms with Crippen molar-refractivity contribution in [1.29, 1.82) is 0 Å². The van der Waals surface area contributed by atoms with E-state index in [4.69, 9.17) is 6.57 Å². The number of nitrogens with zero attached hydrogens (tertiary/aromatic N) is 1. The van der Waals surface area contributed by atoms with Crippen molar-refractivity contribution in [3.63, 3.8) is 0 Å². The summed E-state index contributed by atoms with van der Waals surface area (Å²) in [6.07, 6.45) is 5.22. The molecule has 0 aromatic rings. The van der Waals surface area contributed by atoms with Crippen LogP contribution in [0.15, 0.2) is 23.3 Å². The Hall–Kier alpha value is -1.68. The molecule has 0 aromatic carbocycles. The van der Waals surface area contributed by atoms with Gasteiger partial charge >= 0.3 is 11.5 Å². The van der Waals surface area contributed by atoms with Crippen molar-refractivity contribution in [2.45, 2.75) is 118 Å². The minimum Gasteiger partial charge on any atom is -0.481 e. The van der Waals surface area contributed by atoms with Crippen LogP contribution in [-0.2, 0) is 4.79 Å². The second-order valence-electron chi connectivity index (χ2n) is 14.6. The summed E-state index contributed by atoms with van der Waals surface area (Å²) >= 11 is 0. The van der Waals surface area contributed by atoms with E-state index in [1.807, 2.05) is 20.8 Å². The van der Waals surface area contributed by atoms with Crippen molar-refractivity contribution in [2.24, 2.45) is 45.3 Å². The van der Waals surface area contributed by atoms with Gasteiger partial charge in [0, 0.05) is 11.3 Å². The van der Waals surface area contributed by atoms with E-state index in [0.717, 1.165) is 17.6 Å². The molecule has 2 fully saturated rings. The fourth-order valence-electron chi connectivity index (χ4n) is 9.31. The molecule has 6 heteroatoms. The van der Waals surface area contributed by atoms with Crippen LogP contribution in [0.3, 0.4) is 0 Å². The van der Waals surface area contributed by atoms with E-state index in [0.29, 0.717) is 43.9 Å². The molecule has 4 aliphatic rings. The highest BCUT2D eigenvalue weighted by Gasteiger charge is 2.76. The summed E-state index contributed by atoms with van der Waals surface area (Å²) < 4.78 is 0. The van der Waals surface area contributed by atoms with E-state index >= 15 is 0 Å².